The molecule has 4 rings (SSSR count). The van der Waals surface area contributed by atoms with Crippen molar-refractivity contribution >= 4 is 28.3 Å². The highest BCUT2D eigenvalue weighted by Crippen LogP contribution is 2.29. The zero-order valence-electron chi connectivity index (χ0n) is 14.7. The Morgan fingerprint density at radius 1 is 1.24 bits per heavy atom. The quantitative estimate of drug-likeness (QED) is 0.742. The molecule has 1 aromatic carbocycles. The average Bonchev–Trinajstić information content (AvgIpc) is 3.19. The molecule has 130 valence electrons. The molecular formula is C20H23N3OS. The number of thiophene rings is 1. The molecule has 0 spiro atoms. The number of H-pyrrole nitrogens is 1. The van der Waals surface area contributed by atoms with Crippen LogP contribution in [0.1, 0.15) is 50.6 Å². The number of imidazole rings is 1. The van der Waals surface area contributed by atoms with Gasteiger partial charge in [0.15, 0.2) is 0 Å². The van der Waals surface area contributed by atoms with Gasteiger partial charge >= 0.3 is 0 Å². The van der Waals surface area contributed by atoms with Crippen molar-refractivity contribution in [1.82, 2.24) is 15.3 Å². The van der Waals surface area contributed by atoms with Crippen molar-refractivity contribution < 1.29 is 4.79 Å². The Morgan fingerprint density at radius 2 is 2.04 bits per heavy atom. The van der Waals surface area contributed by atoms with Gasteiger partial charge in [0.25, 0.3) is 5.91 Å². The minimum absolute atomic E-state index is 0.0657. The molecule has 0 bridgehead atoms. The fraction of sp³-hybridized carbons (Fsp3) is 0.400. The van der Waals surface area contributed by atoms with Crippen LogP contribution in [-0.4, -0.2) is 22.4 Å². The molecule has 25 heavy (non-hydrogen) atoms. The van der Waals surface area contributed by atoms with Crippen molar-refractivity contribution in [2.75, 3.05) is 6.54 Å². The fourth-order valence-electron chi connectivity index (χ4n) is 3.53. The van der Waals surface area contributed by atoms with Gasteiger partial charge in [-0.05, 0) is 79.3 Å². The van der Waals surface area contributed by atoms with Crippen molar-refractivity contribution in [3.63, 3.8) is 0 Å². The molecule has 0 saturated heterocycles. The molecule has 5 heteroatoms. The second-order valence-corrected chi connectivity index (χ2v) is 7.80. The van der Waals surface area contributed by atoms with E-state index in [9.17, 15) is 4.79 Å². The highest BCUT2D eigenvalue weighted by Gasteiger charge is 2.20. The van der Waals surface area contributed by atoms with E-state index in [1.807, 2.05) is 0 Å². The van der Waals surface area contributed by atoms with Gasteiger partial charge in [0.2, 0.25) is 0 Å². The van der Waals surface area contributed by atoms with Gasteiger partial charge in [-0.25, -0.2) is 4.98 Å². The molecular weight excluding hydrogens is 330 g/mol. The molecule has 0 saturated carbocycles. The van der Waals surface area contributed by atoms with Crippen molar-refractivity contribution in [2.24, 2.45) is 0 Å². The third-order valence-electron chi connectivity index (χ3n) is 5.10. The molecule has 0 atom stereocenters. The summed E-state index contributed by atoms with van der Waals surface area (Å²) in [6.07, 6.45) is 5.32. The number of rotatable bonds is 4. The Morgan fingerprint density at radius 3 is 2.92 bits per heavy atom. The Bertz CT molecular complexity index is 899. The van der Waals surface area contributed by atoms with Crippen LogP contribution in [0.3, 0.4) is 0 Å². The SMILES string of the molecule is Cc1cc2nc(CCNC(=O)c3scc4c3CCCC4)[nH]c2cc1C. The summed E-state index contributed by atoms with van der Waals surface area (Å²) >= 11 is 1.59. The largest absolute Gasteiger partial charge is 0.351 e. The van der Waals surface area contributed by atoms with Gasteiger partial charge in [-0.15, -0.1) is 11.3 Å². The molecule has 0 unspecified atom stereocenters. The number of hydrogen-bond acceptors (Lipinski definition) is 3. The molecule has 0 radical (unpaired) electrons. The zero-order valence-corrected chi connectivity index (χ0v) is 15.6. The number of fused-ring (bicyclic) bond motifs is 2. The van der Waals surface area contributed by atoms with Crippen LogP contribution < -0.4 is 5.32 Å². The van der Waals surface area contributed by atoms with Gasteiger partial charge in [-0.3, -0.25) is 4.79 Å². The lowest BCUT2D eigenvalue weighted by molar-refractivity contribution is 0.0957. The van der Waals surface area contributed by atoms with Crippen LogP contribution in [0, 0.1) is 13.8 Å². The number of hydrogen-bond donors (Lipinski definition) is 2. The molecule has 1 aliphatic carbocycles. The van der Waals surface area contributed by atoms with Gasteiger partial charge < -0.3 is 10.3 Å². The van der Waals surface area contributed by atoms with Crippen molar-refractivity contribution in [3.05, 3.63) is 50.5 Å². The van der Waals surface area contributed by atoms with Crippen molar-refractivity contribution in [3.8, 4) is 0 Å². The molecule has 2 aromatic heterocycles. The third-order valence-corrected chi connectivity index (χ3v) is 6.17. The van der Waals surface area contributed by atoms with Crippen LogP contribution >= 0.6 is 11.3 Å². The summed E-state index contributed by atoms with van der Waals surface area (Å²) in [6.45, 7) is 4.81. The number of aromatic amines is 1. The molecule has 2 N–H and O–H groups in total. The minimum Gasteiger partial charge on any atom is -0.351 e. The molecule has 0 fully saturated rings. The van der Waals surface area contributed by atoms with E-state index < -0.39 is 0 Å². The number of carbonyl (C=O) groups is 1. The summed E-state index contributed by atoms with van der Waals surface area (Å²) in [4.78, 5) is 21.4. The second-order valence-electron chi connectivity index (χ2n) is 6.92. The summed E-state index contributed by atoms with van der Waals surface area (Å²) in [5.74, 6) is 0.990. The monoisotopic (exact) mass is 353 g/mol. The number of benzene rings is 1. The van der Waals surface area contributed by atoms with Gasteiger partial charge in [0, 0.05) is 13.0 Å². The van der Waals surface area contributed by atoms with Crippen LogP contribution in [-0.2, 0) is 19.3 Å². The first-order valence-electron chi connectivity index (χ1n) is 8.95. The fourth-order valence-corrected chi connectivity index (χ4v) is 4.60. The van der Waals surface area contributed by atoms with Crippen molar-refractivity contribution in [2.45, 2.75) is 46.0 Å². The Balaban J connectivity index is 1.40. The Labute approximate surface area is 151 Å². The van der Waals surface area contributed by atoms with E-state index in [2.05, 4.69) is 46.6 Å². The summed E-state index contributed by atoms with van der Waals surface area (Å²) in [5.41, 5.74) is 7.24. The highest BCUT2D eigenvalue weighted by molar-refractivity contribution is 7.12. The number of nitrogens with zero attached hydrogens (tertiary/aromatic N) is 1. The lowest BCUT2D eigenvalue weighted by Crippen LogP contribution is -2.26. The number of aromatic nitrogens is 2. The predicted molar refractivity (Wildman–Crippen MR) is 103 cm³/mol. The van der Waals surface area contributed by atoms with E-state index in [0.717, 1.165) is 34.6 Å². The van der Waals surface area contributed by atoms with Crippen LogP contribution in [0.5, 0.6) is 0 Å². The van der Waals surface area contributed by atoms with Crippen LogP contribution in [0.25, 0.3) is 11.0 Å². The number of aryl methyl sites for hydroxylation is 3. The van der Waals surface area contributed by atoms with Crippen molar-refractivity contribution in [1.29, 1.82) is 0 Å². The lowest BCUT2D eigenvalue weighted by atomic mass is 9.94. The minimum atomic E-state index is 0.0657. The second kappa shape index (κ2) is 6.64. The summed E-state index contributed by atoms with van der Waals surface area (Å²) < 4.78 is 0. The maximum Gasteiger partial charge on any atom is 0.261 e. The smallest absolute Gasteiger partial charge is 0.261 e. The van der Waals surface area contributed by atoms with E-state index in [0.29, 0.717) is 13.0 Å². The molecule has 1 amide bonds. The summed E-state index contributed by atoms with van der Waals surface area (Å²) in [7, 11) is 0. The maximum absolute atomic E-state index is 12.5. The van der Waals surface area contributed by atoms with E-state index >= 15 is 0 Å². The zero-order chi connectivity index (χ0) is 17.4. The van der Waals surface area contributed by atoms with Gasteiger partial charge in [0.1, 0.15) is 5.82 Å². The number of nitrogens with one attached hydrogen (secondary N) is 2. The standard InChI is InChI=1S/C20H23N3OS/c1-12-9-16-17(10-13(12)2)23-18(22-16)7-8-21-20(24)19-15-6-4-3-5-14(15)11-25-19/h9-11H,3-8H2,1-2H3,(H,21,24)(H,22,23). The first kappa shape index (κ1) is 16.3. The molecule has 0 aliphatic heterocycles. The number of carbonyl (C=O) groups excluding carboxylic acids is 1. The van der Waals surface area contributed by atoms with Gasteiger partial charge in [0.05, 0.1) is 15.9 Å². The average molecular weight is 353 g/mol. The van der Waals surface area contributed by atoms with Crippen LogP contribution in [0.15, 0.2) is 17.5 Å². The highest BCUT2D eigenvalue weighted by atomic mass is 32.1. The molecule has 2 heterocycles. The molecule has 4 nitrogen and oxygen atoms in total. The van der Waals surface area contributed by atoms with E-state index in [1.165, 1.54) is 35.1 Å². The van der Waals surface area contributed by atoms with Crippen LogP contribution in [0.4, 0.5) is 0 Å². The van der Waals surface area contributed by atoms with E-state index in [-0.39, 0.29) is 5.91 Å². The first-order chi connectivity index (χ1) is 12.1. The Kier molecular flexibility index (Phi) is 4.34. The third kappa shape index (κ3) is 3.21. The van der Waals surface area contributed by atoms with E-state index in [1.54, 1.807) is 11.3 Å². The molecule has 3 aromatic rings. The van der Waals surface area contributed by atoms with Crippen LogP contribution in [0.2, 0.25) is 0 Å². The van der Waals surface area contributed by atoms with Gasteiger partial charge in [-0.1, -0.05) is 0 Å². The van der Waals surface area contributed by atoms with Gasteiger partial charge in [-0.2, -0.15) is 0 Å². The van der Waals surface area contributed by atoms with E-state index in [4.69, 9.17) is 0 Å². The molecule has 1 aliphatic rings. The summed E-state index contributed by atoms with van der Waals surface area (Å²) in [5, 5.41) is 5.22. The maximum atomic E-state index is 12.5. The lowest BCUT2D eigenvalue weighted by Gasteiger charge is -2.12. The Hall–Kier alpha value is -2.14. The first-order valence-corrected chi connectivity index (χ1v) is 9.83. The topological polar surface area (TPSA) is 57.8 Å². The normalized spacial score (nSPS) is 13.8. The number of amides is 1. The predicted octanol–water partition coefficient (Wildman–Crippen LogP) is 4.09. The summed E-state index contributed by atoms with van der Waals surface area (Å²) in [6, 6.07) is 4.25.